The minimum absolute atomic E-state index is 0.00363. The molecule has 0 aromatic rings. The summed E-state index contributed by atoms with van der Waals surface area (Å²) < 4.78 is 28.5. The fraction of sp³-hybridized carbons (Fsp3) is 0.844. The van der Waals surface area contributed by atoms with Gasteiger partial charge in [-0.15, -0.1) is 0 Å². The highest BCUT2D eigenvalue weighted by atomic mass is 16.5. The number of carbonyl (C=O) groups is 7. The first-order chi connectivity index (χ1) is 30.9. The molecule has 0 spiro atoms. The molecular formula is C45H82N4O14. The summed E-state index contributed by atoms with van der Waals surface area (Å²) in [6.45, 7) is 4.27. The zero-order valence-corrected chi connectivity index (χ0v) is 38.2. The predicted molar refractivity (Wildman–Crippen MR) is 236 cm³/mol. The van der Waals surface area contributed by atoms with Crippen LogP contribution in [-0.4, -0.2) is 135 Å². The number of carboxylic acids is 2. The Balaban J connectivity index is 3.69. The van der Waals surface area contributed by atoms with Gasteiger partial charge in [-0.05, 0) is 51.5 Å². The number of amides is 3. The Morgan fingerprint density at radius 2 is 1.05 bits per heavy atom. The van der Waals surface area contributed by atoms with E-state index >= 15 is 0 Å². The van der Waals surface area contributed by atoms with Gasteiger partial charge in [0.25, 0.3) is 5.91 Å². The maximum atomic E-state index is 12.4. The standard InChI is InChI=1S/C45H82N4O14/c1-2-46-40(44(56)49-59)22-17-18-26-47-42(53)36-63-33-30-60-28-19-21-39(51)35-62-32-31-61-29-27-48-41(52)25-24-37(45(57)58)34-38(50)20-15-13-11-9-7-5-3-4-6-8-10-12-14-16-23-43(54)55/h37,40,46,59H,2-36H2,1H3,(H,47,53)(H,48,52)(H,49,56)(H,54,55)(H,57,58)/t37-,40+/m1/s1/i/hT. The molecule has 366 valence electrons. The van der Waals surface area contributed by atoms with E-state index in [1.807, 2.05) is 6.92 Å². The van der Waals surface area contributed by atoms with Gasteiger partial charge >= 0.3 is 11.9 Å². The summed E-state index contributed by atoms with van der Waals surface area (Å²) in [5.41, 5.74) is -0.170. The number of carboxylic acid groups (broad SMARTS) is 2. The number of unbranched alkanes of at least 4 members (excludes halogenated alkanes) is 14. The van der Waals surface area contributed by atoms with Crippen LogP contribution in [0, 0.1) is 5.92 Å². The first kappa shape index (κ1) is 57.5. The maximum absolute atomic E-state index is 12.4. The molecule has 0 aliphatic heterocycles. The van der Waals surface area contributed by atoms with E-state index in [4.69, 9.17) is 30.7 Å². The Bertz CT molecular complexity index is 1260. The number of hydroxylamine groups is 1. The minimum atomic E-state index is -1.07. The van der Waals surface area contributed by atoms with Gasteiger partial charge < -0.3 is 45.1 Å². The minimum Gasteiger partial charge on any atom is -0.481 e. The van der Waals surface area contributed by atoms with Crippen molar-refractivity contribution in [1.82, 2.24) is 21.4 Å². The molecule has 63 heavy (non-hydrogen) atoms. The van der Waals surface area contributed by atoms with E-state index in [2.05, 4.69) is 16.0 Å². The fourth-order valence-corrected chi connectivity index (χ4v) is 6.68. The number of ketones is 2. The van der Waals surface area contributed by atoms with E-state index < -0.39 is 29.8 Å². The summed E-state index contributed by atoms with van der Waals surface area (Å²) in [5.74, 6) is -4.17. The predicted octanol–water partition coefficient (Wildman–Crippen LogP) is 5.05. The molecule has 0 heterocycles. The molecule has 3 amide bonds. The van der Waals surface area contributed by atoms with E-state index in [1.165, 1.54) is 44.9 Å². The number of hydrogen-bond donors (Lipinski definition) is 7. The maximum Gasteiger partial charge on any atom is 0.306 e. The van der Waals surface area contributed by atoms with E-state index in [0.717, 1.165) is 44.9 Å². The smallest absolute Gasteiger partial charge is 0.306 e. The lowest BCUT2D eigenvalue weighted by atomic mass is 9.94. The molecule has 0 rings (SSSR count). The zero-order valence-electron chi connectivity index (χ0n) is 39.2. The van der Waals surface area contributed by atoms with Crippen molar-refractivity contribution >= 4 is 41.2 Å². The Kier molecular flexibility index (Phi) is 39.9. The number of aliphatic carboxylic acids is 2. The van der Waals surface area contributed by atoms with Gasteiger partial charge in [0.2, 0.25) is 11.8 Å². The third-order valence-electron chi connectivity index (χ3n) is 10.3. The van der Waals surface area contributed by atoms with Crippen molar-refractivity contribution in [2.24, 2.45) is 5.92 Å². The van der Waals surface area contributed by atoms with Gasteiger partial charge in [0.15, 0.2) is 7.20 Å². The summed E-state index contributed by atoms with van der Waals surface area (Å²) in [6, 6.07) is -0.652. The molecule has 0 aromatic carbocycles. The highest BCUT2D eigenvalue weighted by Gasteiger charge is 2.22. The summed E-state index contributed by atoms with van der Waals surface area (Å²) in [6.07, 6.45) is 18.3. The van der Waals surface area contributed by atoms with E-state index in [-0.39, 0.29) is 114 Å². The molecule has 2 atom stereocenters. The topological polar surface area (TPSA) is 265 Å². The Hall–Kier alpha value is -3.55. The molecule has 0 fully saturated rings. The number of rotatable bonds is 48. The van der Waals surface area contributed by atoms with Crippen molar-refractivity contribution in [1.29, 1.82) is 0 Å². The van der Waals surface area contributed by atoms with Gasteiger partial charge in [-0.25, -0.2) is 5.47 Å². The van der Waals surface area contributed by atoms with Crippen LogP contribution in [0.3, 0.4) is 0 Å². The molecule has 0 aliphatic rings. The van der Waals surface area contributed by atoms with Crippen LogP contribution in [0.2, 0.25) is 1.41 Å². The Labute approximate surface area is 376 Å². The first-order valence-electron chi connectivity index (χ1n) is 23.9. The number of hydrogen-bond acceptors (Lipinski definition) is 13. The molecule has 0 unspecified atom stereocenters. The Morgan fingerprint density at radius 1 is 0.524 bits per heavy atom. The van der Waals surface area contributed by atoms with Crippen LogP contribution in [0.25, 0.3) is 0 Å². The van der Waals surface area contributed by atoms with Gasteiger partial charge in [-0.2, -0.15) is 0 Å². The molecule has 18 nitrogen and oxygen atoms in total. The average molecular weight is 905 g/mol. The molecule has 0 aliphatic carbocycles. The fourth-order valence-electron chi connectivity index (χ4n) is 6.68. The molecule has 7 N–H and O–H groups in total. The number of ether oxygens (including phenoxy) is 4. The monoisotopic (exact) mass is 905 g/mol. The Morgan fingerprint density at radius 3 is 1.62 bits per heavy atom. The van der Waals surface area contributed by atoms with E-state index in [0.29, 0.717) is 51.8 Å². The summed E-state index contributed by atoms with van der Waals surface area (Å²) >= 11 is 0. The van der Waals surface area contributed by atoms with Crippen LogP contribution in [-0.2, 0) is 52.5 Å². The lowest BCUT2D eigenvalue weighted by Crippen LogP contribution is -2.43. The van der Waals surface area contributed by atoms with Crippen molar-refractivity contribution in [2.45, 2.75) is 167 Å². The van der Waals surface area contributed by atoms with Crippen LogP contribution in [0.4, 0.5) is 0 Å². The lowest BCUT2D eigenvalue weighted by Gasteiger charge is -2.15. The van der Waals surface area contributed by atoms with Crippen LogP contribution in [0.1, 0.15) is 161 Å². The molecule has 18 heteroatoms. The molecule has 0 radical (unpaired) electrons. The largest absolute Gasteiger partial charge is 0.481 e. The van der Waals surface area contributed by atoms with Crippen molar-refractivity contribution in [3.05, 3.63) is 0 Å². The second kappa shape index (κ2) is 43.7. The molecule has 0 saturated carbocycles. The third-order valence-corrected chi connectivity index (χ3v) is 10.3. The molecule has 0 aromatic heterocycles. The second-order valence-corrected chi connectivity index (χ2v) is 15.9. The molecular weight excluding hydrogens is 821 g/mol. The second-order valence-electron chi connectivity index (χ2n) is 15.9. The third kappa shape index (κ3) is 40.9. The lowest BCUT2D eigenvalue weighted by molar-refractivity contribution is -0.144. The number of nitrogens with one attached hydrogen (secondary N) is 4. The number of likely N-dealkylation sites (N-methyl/N-ethyl adjacent to an activating group) is 1. The summed E-state index contributed by atoms with van der Waals surface area (Å²) in [4.78, 5) is 82.6. The van der Waals surface area contributed by atoms with Crippen LogP contribution >= 0.6 is 0 Å². The van der Waals surface area contributed by atoms with Crippen molar-refractivity contribution in [2.75, 3.05) is 72.5 Å². The van der Waals surface area contributed by atoms with E-state index in [1.54, 1.807) is 0 Å². The normalized spacial score (nSPS) is 12.3. The van der Waals surface area contributed by atoms with Gasteiger partial charge in [0, 0.05) is 51.8 Å². The first-order valence-corrected chi connectivity index (χ1v) is 23.4. The summed E-state index contributed by atoms with van der Waals surface area (Å²) in [7, 11) is 0. The van der Waals surface area contributed by atoms with Crippen molar-refractivity contribution in [3.8, 4) is 0 Å². The van der Waals surface area contributed by atoms with Gasteiger partial charge in [0.05, 0.1) is 45.0 Å². The van der Waals surface area contributed by atoms with Gasteiger partial charge in [-0.1, -0.05) is 84.0 Å². The molecule has 0 saturated heterocycles. The van der Waals surface area contributed by atoms with Crippen LogP contribution < -0.4 is 21.4 Å². The summed E-state index contributed by atoms with van der Waals surface area (Å²) in [5, 5.41) is 35.6. The average Bonchev–Trinajstić information content (AvgIpc) is 3.25. The van der Waals surface area contributed by atoms with Crippen LogP contribution in [0.5, 0.6) is 0 Å². The van der Waals surface area contributed by atoms with Crippen LogP contribution in [0.15, 0.2) is 0 Å². The number of carbonyl (C=O) groups excluding carboxylic acids is 5. The highest BCUT2D eigenvalue weighted by Crippen LogP contribution is 2.17. The zero-order chi connectivity index (χ0) is 47.5. The van der Waals surface area contributed by atoms with Crippen molar-refractivity contribution < 1.29 is 69.3 Å². The molecule has 0 bridgehead atoms. The highest BCUT2D eigenvalue weighted by molar-refractivity contribution is 5.84. The van der Waals surface area contributed by atoms with E-state index in [9.17, 15) is 38.7 Å². The quantitative estimate of drug-likeness (QED) is 0.0239. The van der Waals surface area contributed by atoms with Gasteiger partial charge in [0.1, 0.15) is 19.0 Å². The SMILES string of the molecule is [3H]N(O)C(=O)[C@H](CCCCNC(=O)COCCOCCCC(=O)COCCOCCNC(=O)CC[C@H](CC(=O)CCCCCCCCCCCCCCCCC(=O)O)C(=O)O)NCC. The number of Topliss-reactive ketones (excluding diaryl/α,β-unsaturated/α-hetero) is 2. The van der Waals surface area contributed by atoms with Crippen molar-refractivity contribution in [3.63, 3.8) is 0 Å². The van der Waals surface area contributed by atoms with Gasteiger partial charge in [-0.3, -0.25) is 38.8 Å².